The van der Waals surface area contributed by atoms with Gasteiger partial charge in [-0.15, -0.1) is 11.8 Å². The summed E-state index contributed by atoms with van der Waals surface area (Å²) >= 11 is 7.34. The Hall–Kier alpha value is -1.65. The summed E-state index contributed by atoms with van der Waals surface area (Å²) in [4.78, 5) is 11.8. The van der Waals surface area contributed by atoms with Crippen LogP contribution in [-0.4, -0.2) is 24.0 Å². The van der Waals surface area contributed by atoms with Crippen LogP contribution in [0, 0.1) is 6.92 Å². The first-order valence-electron chi connectivity index (χ1n) is 6.96. The first kappa shape index (κ1) is 16.7. The zero-order valence-electron chi connectivity index (χ0n) is 12.3. The van der Waals surface area contributed by atoms with Gasteiger partial charge in [0.05, 0.1) is 12.4 Å². The van der Waals surface area contributed by atoms with Gasteiger partial charge in [0.2, 0.25) is 5.91 Å². The number of halogens is 1. The van der Waals surface area contributed by atoms with Crippen LogP contribution in [-0.2, 0) is 4.79 Å². The smallest absolute Gasteiger partial charge is 0.234 e. The molecule has 3 nitrogen and oxygen atoms in total. The molecule has 0 aliphatic rings. The summed E-state index contributed by atoms with van der Waals surface area (Å²) in [5.74, 6) is 2.00. The maximum atomic E-state index is 11.8. The van der Waals surface area contributed by atoms with Gasteiger partial charge in [0.25, 0.3) is 0 Å². The van der Waals surface area contributed by atoms with Crippen LogP contribution in [0.15, 0.2) is 48.5 Å². The van der Waals surface area contributed by atoms with Crippen LogP contribution < -0.4 is 10.1 Å². The molecule has 0 spiro atoms. The Morgan fingerprint density at radius 2 is 1.82 bits per heavy atom. The number of rotatable bonds is 7. The van der Waals surface area contributed by atoms with E-state index in [1.54, 1.807) is 36.0 Å². The van der Waals surface area contributed by atoms with Crippen molar-refractivity contribution in [1.29, 1.82) is 0 Å². The first-order valence-corrected chi connectivity index (χ1v) is 8.49. The number of hydrogen-bond acceptors (Lipinski definition) is 3. The number of thioether (sulfide) groups is 1. The van der Waals surface area contributed by atoms with Gasteiger partial charge in [0, 0.05) is 16.5 Å². The summed E-state index contributed by atoms with van der Waals surface area (Å²) < 4.78 is 5.61. The van der Waals surface area contributed by atoms with Gasteiger partial charge in [-0.25, -0.2) is 0 Å². The Bertz CT molecular complexity index is 599. The second-order valence-corrected chi connectivity index (χ2v) is 6.31. The molecule has 0 aromatic heterocycles. The lowest BCUT2D eigenvalue weighted by atomic mass is 10.2. The molecule has 116 valence electrons. The second kappa shape index (κ2) is 8.71. The van der Waals surface area contributed by atoms with Crippen molar-refractivity contribution >= 4 is 35.0 Å². The van der Waals surface area contributed by atoms with Gasteiger partial charge in [-0.05, 0) is 43.3 Å². The van der Waals surface area contributed by atoms with E-state index in [1.807, 2.05) is 31.2 Å². The molecular weight excluding hydrogens is 318 g/mol. The number of amides is 1. The molecule has 0 saturated carbocycles. The van der Waals surface area contributed by atoms with Gasteiger partial charge < -0.3 is 10.1 Å². The zero-order valence-corrected chi connectivity index (χ0v) is 13.9. The molecular formula is C17H18ClNO2S. The Labute approximate surface area is 140 Å². The molecule has 5 heteroatoms. The number of anilines is 1. The first-order chi connectivity index (χ1) is 10.6. The molecule has 22 heavy (non-hydrogen) atoms. The van der Waals surface area contributed by atoms with Crippen molar-refractivity contribution in [2.75, 3.05) is 23.4 Å². The van der Waals surface area contributed by atoms with E-state index < -0.39 is 0 Å². The number of carbonyl (C=O) groups is 1. The molecule has 2 aromatic carbocycles. The van der Waals surface area contributed by atoms with Crippen molar-refractivity contribution in [2.24, 2.45) is 0 Å². The molecule has 2 rings (SSSR count). The average molecular weight is 336 g/mol. The predicted molar refractivity (Wildman–Crippen MR) is 94.1 cm³/mol. The number of hydrogen-bond donors (Lipinski definition) is 1. The van der Waals surface area contributed by atoms with Crippen LogP contribution in [0.4, 0.5) is 5.69 Å². The highest BCUT2D eigenvalue weighted by Gasteiger charge is 2.02. The third-order valence-corrected chi connectivity index (χ3v) is 4.05. The summed E-state index contributed by atoms with van der Waals surface area (Å²) in [5.41, 5.74) is 1.96. The highest BCUT2D eigenvalue weighted by atomic mass is 35.5. The van der Waals surface area contributed by atoms with E-state index >= 15 is 0 Å². The molecule has 0 radical (unpaired) electrons. The summed E-state index contributed by atoms with van der Waals surface area (Å²) in [6.45, 7) is 2.63. The zero-order chi connectivity index (χ0) is 15.8. The van der Waals surface area contributed by atoms with Crippen molar-refractivity contribution in [3.8, 4) is 5.75 Å². The summed E-state index contributed by atoms with van der Waals surface area (Å²) in [6.07, 6.45) is 0. The van der Waals surface area contributed by atoms with E-state index in [0.717, 1.165) is 17.2 Å². The Balaban J connectivity index is 1.61. The van der Waals surface area contributed by atoms with E-state index in [4.69, 9.17) is 16.3 Å². The largest absolute Gasteiger partial charge is 0.493 e. The van der Waals surface area contributed by atoms with Crippen LogP contribution in [0.5, 0.6) is 5.75 Å². The van der Waals surface area contributed by atoms with E-state index in [0.29, 0.717) is 17.4 Å². The topological polar surface area (TPSA) is 38.3 Å². The lowest BCUT2D eigenvalue weighted by molar-refractivity contribution is -0.113. The van der Waals surface area contributed by atoms with Crippen LogP contribution in [0.2, 0.25) is 5.02 Å². The minimum absolute atomic E-state index is 0.0253. The van der Waals surface area contributed by atoms with Gasteiger partial charge in [-0.2, -0.15) is 0 Å². The van der Waals surface area contributed by atoms with E-state index in [-0.39, 0.29) is 5.91 Å². The number of benzene rings is 2. The lowest BCUT2D eigenvalue weighted by Crippen LogP contribution is -2.15. The second-order valence-electron chi connectivity index (χ2n) is 4.77. The Morgan fingerprint density at radius 3 is 2.50 bits per heavy atom. The summed E-state index contributed by atoms with van der Waals surface area (Å²) in [5, 5.41) is 3.48. The molecule has 0 bridgehead atoms. The minimum atomic E-state index is -0.0253. The van der Waals surface area contributed by atoms with Crippen LogP contribution in [0.25, 0.3) is 0 Å². The van der Waals surface area contributed by atoms with Crippen molar-refractivity contribution in [1.82, 2.24) is 0 Å². The predicted octanol–water partition coefficient (Wildman–Crippen LogP) is 4.40. The Morgan fingerprint density at radius 1 is 1.14 bits per heavy atom. The molecule has 1 amide bonds. The third-order valence-electron chi connectivity index (χ3n) is 2.88. The van der Waals surface area contributed by atoms with E-state index in [9.17, 15) is 4.79 Å². The molecule has 1 N–H and O–H groups in total. The maximum absolute atomic E-state index is 11.8. The fraction of sp³-hybridized carbons (Fsp3) is 0.235. The molecule has 2 aromatic rings. The summed E-state index contributed by atoms with van der Waals surface area (Å²) in [7, 11) is 0. The van der Waals surface area contributed by atoms with Crippen LogP contribution in [0.3, 0.4) is 0 Å². The molecule has 0 fully saturated rings. The normalized spacial score (nSPS) is 10.3. The minimum Gasteiger partial charge on any atom is -0.493 e. The highest BCUT2D eigenvalue weighted by molar-refractivity contribution is 7.99. The molecule has 0 heterocycles. The third kappa shape index (κ3) is 6.00. The maximum Gasteiger partial charge on any atom is 0.234 e. The highest BCUT2D eigenvalue weighted by Crippen LogP contribution is 2.14. The average Bonchev–Trinajstić information content (AvgIpc) is 2.51. The van der Waals surface area contributed by atoms with Crippen molar-refractivity contribution < 1.29 is 9.53 Å². The lowest BCUT2D eigenvalue weighted by Gasteiger charge is -2.07. The number of nitrogens with one attached hydrogen (secondary N) is 1. The number of ether oxygens (including phenoxy) is 1. The molecule has 0 atom stereocenters. The van der Waals surface area contributed by atoms with Gasteiger partial charge in [-0.3, -0.25) is 4.79 Å². The summed E-state index contributed by atoms with van der Waals surface area (Å²) in [6, 6.07) is 15.0. The van der Waals surface area contributed by atoms with Crippen molar-refractivity contribution in [3.63, 3.8) is 0 Å². The van der Waals surface area contributed by atoms with E-state index in [1.165, 1.54) is 5.56 Å². The van der Waals surface area contributed by atoms with Gasteiger partial charge in [-0.1, -0.05) is 29.3 Å². The quantitative estimate of drug-likeness (QED) is 0.762. The molecule has 0 unspecified atom stereocenters. The Kier molecular flexibility index (Phi) is 6.62. The number of aryl methyl sites for hydroxylation is 1. The fourth-order valence-corrected chi connectivity index (χ4v) is 2.48. The van der Waals surface area contributed by atoms with Gasteiger partial charge in [0.15, 0.2) is 0 Å². The fourth-order valence-electron chi connectivity index (χ4n) is 1.75. The molecule has 0 aliphatic heterocycles. The molecule has 0 aliphatic carbocycles. The van der Waals surface area contributed by atoms with Crippen LogP contribution in [0.1, 0.15) is 5.56 Å². The monoisotopic (exact) mass is 335 g/mol. The SMILES string of the molecule is Cc1ccc(OCCSCC(=O)Nc2ccc(Cl)cc2)cc1. The van der Waals surface area contributed by atoms with Crippen LogP contribution >= 0.6 is 23.4 Å². The van der Waals surface area contributed by atoms with Crippen molar-refractivity contribution in [3.05, 3.63) is 59.1 Å². The van der Waals surface area contributed by atoms with E-state index in [2.05, 4.69) is 5.32 Å². The molecule has 0 saturated heterocycles. The number of carbonyl (C=O) groups excluding carboxylic acids is 1. The standard InChI is InChI=1S/C17H18ClNO2S/c1-13-2-8-16(9-3-13)21-10-11-22-12-17(20)19-15-6-4-14(18)5-7-15/h2-9H,10-12H2,1H3,(H,19,20). The van der Waals surface area contributed by atoms with Crippen molar-refractivity contribution in [2.45, 2.75) is 6.92 Å². The van der Waals surface area contributed by atoms with Gasteiger partial charge >= 0.3 is 0 Å². The van der Waals surface area contributed by atoms with Gasteiger partial charge in [0.1, 0.15) is 5.75 Å².